The third-order valence-corrected chi connectivity index (χ3v) is 1.85. The molecule has 1 atom stereocenters. The predicted octanol–water partition coefficient (Wildman–Crippen LogP) is 1.64. The molecule has 1 unspecified atom stereocenters. The Morgan fingerprint density at radius 2 is 1.80 bits per heavy atom. The average molecular weight is 208 g/mol. The lowest BCUT2D eigenvalue weighted by atomic mass is 10.3. The van der Waals surface area contributed by atoms with Crippen LogP contribution < -0.4 is 0 Å². The Balaban J connectivity index is 3.95. The molecule has 0 aliphatic rings. The average Bonchev–Trinajstić information content (AvgIpc) is 1.84. The summed E-state index contributed by atoms with van der Waals surface area (Å²) in [5.74, 6) is 0.134. The number of alkyl halides is 1. The molecule has 0 saturated carbocycles. The van der Waals surface area contributed by atoms with Crippen molar-refractivity contribution in [2.24, 2.45) is 0 Å². The van der Waals surface area contributed by atoms with Crippen LogP contribution in [0.2, 0.25) is 0 Å². The van der Waals surface area contributed by atoms with Crippen molar-refractivity contribution in [2.45, 2.75) is 31.6 Å². The van der Waals surface area contributed by atoms with Crippen LogP contribution in [0, 0.1) is 0 Å². The minimum Gasteiger partial charge on any atom is -0.342 e. The van der Waals surface area contributed by atoms with Crippen LogP contribution in [0.5, 0.6) is 0 Å². The molecule has 0 radical (unpaired) electrons. The lowest BCUT2D eigenvalue weighted by molar-refractivity contribution is -0.130. The van der Waals surface area contributed by atoms with E-state index in [1.165, 1.54) is 0 Å². The summed E-state index contributed by atoms with van der Waals surface area (Å²) < 4.78 is 0. The maximum absolute atomic E-state index is 11.2. The molecular formula is C7H14BrNO. The smallest absolute Gasteiger partial charge is 0.236 e. The van der Waals surface area contributed by atoms with Crippen LogP contribution in [0.15, 0.2) is 0 Å². The van der Waals surface area contributed by atoms with Gasteiger partial charge in [-0.25, -0.2) is 0 Å². The topological polar surface area (TPSA) is 20.3 Å². The number of carbonyl (C=O) groups excluding carboxylic acids is 1. The van der Waals surface area contributed by atoms with Crippen molar-refractivity contribution < 1.29 is 4.79 Å². The van der Waals surface area contributed by atoms with E-state index in [0.717, 1.165) is 0 Å². The SMILES string of the molecule is CC(Br)C(=O)N(C)C(C)C. The minimum absolute atomic E-state index is 0.0695. The number of nitrogens with zero attached hydrogens (tertiary/aromatic N) is 1. The Bertz CT molecular complexity index is 123. The normalized spacial score (nSPS) is 13.4. The summed E-state index contributed by atoms with van der Waals surface area (Å²) in [6, 6.07) is 0.285. The van der Waals surface area contributed by atoms with E-state index in [2.05, 4.69) is 15.9 Å². The molecule has 0 spiro atoms. The molecule has 0 aliphatic carbocycles. The summed E-state index contributed by atoms with van der Waals surface area (Å²) in [6.45, 7) is 5.82. The molecule has 0 aromatic rings. The van der Waals surface area contributed by atoms with Crippen molar-refractivity contribution in [3.05, 3.63) is 0 Å². The molecule has 0 saturated heterocycles. The summed E-state index contributed by atoms with van der Waals surface area (Å²) in [7, 11) is 1.81. The van der Waals surface area contributed by atoms with Gasteiger partial charge in [0.15, 0.2) is 0 Å². The van der Waals surface area contributed by atoms with Crippen molar-refractivity contribution in [1.82, 2.24) is 4.90 Å². The number of hydrogen-bond acceptors (Lipinski definition) is 1. The molecule has 0 heterocycles. The molecule has 0 N–H and O–H groups in total. The molecule has 3 heteroatoms. The van der Waals surface area contributed by atoms with Crippen molar-refractivity contribution >= 4 is 21.8 Å². The molecule has 0 aromatic heterocycles. The van der Waals surface area contributed by atoms with E-state index in [1.54, 1.807) is 4.90 Å². The fourth-order valence-corrected chi connectivity index (χ4v) is 0.858. The second kappa shape index (κ2) is 3.96. The zero-order valence-corrected chi connectivity index (χ0v) is 8.47. The predicted molar refractivity (Wildman–Crippen MR) is 46.3 cm³/mol. The molecule has 0 aromatic carbocycles. The molecule has 0 aliphatic heterocycles. The van der Waals surface area contributed by atoms with Crippen LogP contribution >= 0.6 is 15.9 Å². The Kier molecular flexibility index (Phi) is 3.94. The molecule has 1 amide bonds. The molecule has 10 heavy (non-hydrogen) atoms. The van der Waals surface area contributed by atoms with E-state index in [0.29, 0.717) is 0 Å². The third-order valence-electron chi connectivity index (χ3n) is 1.46. The number of hydrogen-bond donors (Lipinski definition) is 0. The zero-order valence-electron chi connectivity index (χ0n) is 6.89. The van der Waals surface area contributed by atoms with Gasteiger partial charge >= 0.3 is 0 Å². The standard InChI is InChI=1S/C7H14BrNO/c1-5(2)9(4)7(10)6(3)8/h5-6H,1-4H3. The summed E-state index contributed by atoms with van der Waals surface area (Å²) in [4.78, 5) is 12.8. The maximum atomic E-state index is 11.2. The molecule has 0 rings (SSSR count). The van der Waals surface area contributed by atoms with Crippen molar-refractivity contribution in [2.75, 3.05) is 7.05 Å². The fourth-order valence-electron chi connectivity index (χ4n) is 0.535. The van der Waals surface area contributed by atoms with E-state index in [4.69, 9.17) is 0 Å². The van der Waals surface area contributed by atoms with Crippen molar-refractivity contribution in [3.8, 4) is 0 Å². The second-order valence-corrected chi connectivity index (χ2v) is 4.03. The molecule has 0 fully saturated rings. The van der Waals surface area contributed by atoms with Gasteiger partial charge in [-0.15, -0.1) is 0 Å². The number of amides is 1. The van der Waals surface area contributed by atoms with Gasteiger partial charge in [0, 0.05) is 13.1 Å². The van der Waals surface area contributed by atoms with Crippen LogP contribution in [0.3, 0.4) is 0 Å². The third kappa shape index (κ3) is 2.69. The largest absolute Gasteiger partial charge is 0.342 e. The first-order valence-corrected chi connectivity index (χ1v) is 4.29. The van der Waals surface area contributed by atoms with Crippen LogP contribution in [0.4, 0.5) is 0 Å². The van der Waals surface area contributed by atoms with Crippen LogP contribution in [0.1, 0.15) is 20.8 Å². The van der Waals surface area contributed by atoms with E-state index < -0.39 is 0 Å². The highest BCUT2D eigenvalue weighted by atomic mass is 79.9. The number of carbonyl (C=O) groups is 1. The summed E-state index contributed by atoms with van der Waals surface area (Å²) in [5, 5.41) is 0. The van der Waals surface area contributed by atoms with Crippen LogP contribution in [-0.4, -0.2) is 28.7 Å². The van der Waals surface area contributed by atoms with Crippen LogP contribution in [-0.2, 0) is 4.79 Å². The second-order valence-electron chi connectivity index (χ2n) is 2.66. The van der Waals surface area contributed by atoms with Crippen LogP contribution in [0.25, 0.3) is 0 Å². The van der Waals surface area contributed by atoms with Gasteiger partial charge in [0.1, 0.15) is 0 Å². The first kappa shape index (κ1) is 9.95. The summed E-state index contributed by atoms with van der Waals surface area (Å²) in [6.07, 6.45) is 0. The Morgan fingerprint density at radius 3 is 1.90 bits per heavy atom. The van der Waals surface area contributed by atoms with Crippen molar-refractivity contribution in [3.63, 3.8) is 0 Å². The van der Waals surface area contributed by atoms with Gasteiger partial charge in [-0.2, -0.15) is 0 Å². The Labute approximate surface area is 70.7 Å². The van der Waals surface area contributed by atoms with E-state index in [9.17, 15) is 4.79 Å². The summed E-state index contributed by atoms with van der Waals surface area (Å²) >= 11 is 3.22. The molecule has 60 valence electrons. The first-order valence-electron chi connectivity index (χ1n) is 3.37. The van der Waals surface area contributed by atoms with Gasteiger partial charge < -0.3 is 4.90 Å². The maximum Gasteiger partial charge on any atom is 0.236 e. The quantitative estimate of drug-likeness (QED) is 0.631. The van der Waals surface area contributed by atoms with Gasteiger partial charge in [0.25, 0.3) is 0 Å². The Hall–Kier alpha value is -0.0500. The van der Waals surface area contributed by atoms with Gasteiger partial charge in [0.2, 0.25) is 5.91 Å². The van der Waals surface area contributed by atoms with Gasteiger partial charge in [0.05, 0.1) is 4.83 Å². The first-order chi connectivity index (χ1) is 4.46. The Morgan fingerprint density at radius 1 is 1.40 bits per heavy atom. The fraction of sp³-hybridized carbons (Fsp3) is 0.857. The monoisotopic (exact) mass is 207 g/mol. The summed E-state index contributed by atoms with van der Waals surface area (Å²) in [5.41, 5.74) is 0. The molecular weight excluding hydrogens is 194 g/mol. The van der Waals surface area contributed by atoms with Gasteiger partial charge in [-0.1, -0.05) is 15.9 Å². The number of rotatable bonds is 2. The van der Waals surface area contributed by atoms with Gasteiger partial charge in [-0.3, -0.25) is 4.79 Å². The zero-order chi connectivity index (χ0) is 8.31. The highest BCUT2D eigenvalue weighted by Gasteiger charge is 2.15. The van der Waals surface area contributed by atoms with E-state index >= 15 is 0 Å². The molecule has 0 bridgehead atoms. The van der Waals surface area contributed by atoms with E-state index in [-0.39, 0.29) is 16.8 Å². The van der Waals surface area contributed by atoms with Gasteiger partial charge in [-0.05, 0) is 20.8 Å². The molecule has 2 nitrogen and oxygen atoms in total. The van der Waals surface area contributed by atoms with Crippen molar-refractivity contribution in [1.29, 1.82) is 0 Å². The lowest BCUT2D eigenvalue weighted by Gasteiger charge is -2.22. The van der Waals surface area contributed by atoms with E-state index in [1.807, 2.05) is 27.8 Å². The number of halogens is 1. The highest BCUT2D eigenvalue weighted by Crippen LogP contribution is 2.04. The highest BCUT2D eigenvalue weighted by molar-refractivity contribution is 9.10. The minimum atomic E-state index is -0.0695. The lowest BCUT2D eigenvalue weighted by Crippen LogP contribution is -2.37.